The second-order valence-corrected chi connectivity index (χ2v) is 5.37. The normalized spacial score (nSPS) is 16.1. The molecule has 7 heteroatoms. The fraction of sp³-hybridized carbons (Fsp3) is 0.643. The van der Waals surface area contributed by atoms with E-state index in [2.05, 4.69) is 17.0 Å². The monoisotopic (exact) mass is 298 g/mol. The standard InChI is InChI=1S/C12H20N2O.C2H2O4/c1-9-4-6-14(7-5-9)8-12-10(2)13-15-11(12)3;3-1(4)2(5)6/h9H,4-8H2,1-3H3;(H,3,4)(H,5,6). The molecule has 7 nitrogen and oxygen atoms in total. The van der Waals surface area contributed by atoms with E-state index in [0.29, 0.717) is 0 Å². The number of aryl methyl sites for hydroxylation is 2. The van der Waals surface area contributed by atoms with Gasteiger partial charge in [0.2, 0.25) is 0 Å². The number of aliphatic carboxylic acids is 2. The van der Waals surface area contributed by atoms with Gasteiger partial charge >= 0.3 is 11.9 Å². The second kappa shape index (κ2) is 7.78. The number of carboxylic acid groups (broad SMARTS) is 2. The lowest BCUT2D eigenvalue weighted by molar-refractivity contribution is -0.159. The van der Waals surface area contributed by atoms with Crippen molar-refractivity contribution in [1.82, 2.24) is 10.1 Å². The van der Waals surface area contributed by atoms with E-state index >= 15 is 0 Å². The Morgan fingerprint density at radius 2 is 1.76 bits per heavy atom. The molecule has 1 saturated heterocycles. The smallest absolute Gasteiger partial charge is 0.414 e. The lowest BCUT2D eigenvalue weighted by Gasteiger charge is -2.29. The van der Waals surface area contributed by atoms with Gasteiger partial charge in [-0.1, -0.05) is 12.1 Å². The zero-order valence-electron chi connectivity index (χ0n) is 12.6. The van der Waals surface area contributed by atoms with Crippen LogP contribution in [0.4, 0.5) is 0 Å². The Kier molecular flexibility index (Phi) is 6.36. The van der Waals surface area contributed by atoms with Crippen molar-refractivity contribution in [3.05, 3.63) is 17.0 Å². The number of aromatic nitrogens is 1. The summed E-state index contributed by atoms with van der Waals surface area (Å²) >= 11 is 0. The average Bonchev–Trinajstić information content (AvgIpc) is 2.73. The number of likely N-dealkylation sites (tertiary alicyclic amines) is 1. The van der Waals surface area contributed by atoms with Crippen molar-refractivity contribution in [1.29, 1.82) is 0 Å². The summed E-state index contributed by atoms with van der Waals surface area (Å²) in [5.74, 6) is -1.78. The molecule has 0 atom stereocenters. The molecule has 0 spiro atoms. The molecule has 0 unspecified atom stereocenters. The van der Waals surface area contributed by atoms with Crippen molar-refractivity contribution in [2.45, 2.75) is 40.2 Å². The van der Waals surface area contributed by atoms with Crippen molar-refractivity contribution < 1.29 is 24.3 Å². The maximum atomic E-state index is 9.10. The molecule has 118 valence electrons. The number of nitrogens with zero attached hydrogens (tertiary/aromatic N) is 2. The van der Waals surface area contributed by atoms with Crippen LogP contribution in [-0.4, -0.2) is 45.3 Å². The van der Waals surface area contributed by atoms with Gasteiger partial charge in [0.05, 0.1) is 5.69 Å². The first kappa shape index (κ1) is 17.2. The number of rotatable bonds is 2. The Balaban J connectivity index is 0.000000315. The van der Waals surface area contributed by atoms with Crippen LogP contribution >= 0.6 is 0 Å². The highest BCUT2D eigenvalue weighted by Crippen LogP contribution is 2.20. The van der Waals surface area contributed by atoms with Crippen LogP contribution in [0.5, 0.6) is 0 Å². The van der Waals surface area contributed by atoms with Gasteiger partial charge in [0.15, 0.2) is 0 Å². The molecule has 0 aliphatic carbocycles. The van der Waals surface area contributed by atoms with Gasteiger partial charge in [-0.15, -0.1) is 0 Å². The van der Waals surface area contributed by atoms with Crippen LogP contribution in [0.1, 0.15) is 36.8 Å². The third kappa shape index (κ3) is 5.55. The van der Waals surface area contributed by atoms with Gasteiger partial charge in [0.25, 0.3) is 0 Å². The fourth-order valence-electron chi connectivity index (χ4n) is 2.17. The summed E-state index contributed by atoms with van der Waals surface area (Å²) in [5, 5.41) is 18.8. The summed E-state index contributed by atoms with van der Waals surface area (Å²) in [6.07, 6.45) is 2.65. The highest BCUT2D eigenvalue weighted by molar-refractivity contribution is 6.27. The first-order chi connectivity index (χ1) is 9.81. The van der Waals surface area contributed by atoms with Gasteiger partial charge in [-0.05, 0) is 45.7 Å². The zero-order chi connectivity index (χ0) is 16.0. The van der Waals surface area contributed by atoms with Crippen molar-refractivity contribution >= 4 is 11.9 Å². The van der Waals surface area contributed by atoms with E-state index in [-0.39, 0.29) is 0 Å². The van der Waals surface area contributed by atoms with E-state index in [0.717, 1.165) is 23.9 Å². The lowest BCUT2D eigenvalue weighted by Crippen LogP contribution is -2.32. The SMILES string of the molecule is Cc1noc(C)c1CN1CCC(C)CC1.O=C(O)C(=O)O. The van der Waals surface area contributed by atoms with Crippen LogP contribution in [0, 0.1) is 19.8 Å². The van der Waals surface area contributed by atoms with Gasteiger partial charge < -0.3 is 14.7 Å². The Hall–Kier alpha value is -1.89. The molecule has 0 saturated carbocycles. The third-order valence-electron chi connectivity index (χ3n) is 3.62. The van der Waals surface area contributed by atoms with Crippen molar-refractivity contribution in [3.8, 4) is 0 Å². The molecule has 1 aliphatic rings. The number of carbonyl (C=O) groups is 2. The van der Waals surface area contributed by atoms with Crippen LogP contribution in [0.3, 0.4) is 0 Å². The summed E-state index contributed by atoms with van der Waals surface area (Å²) < 4.78 is 5.18. The molecule has 0 aromatic carbocycles. The molecule has 1 aromatic heterocycles. The predicted octanol–water partition coefficient (Wildman–Crippen LogP) is 1.68. The lowest BCUT2D eigenvalue weighted by atomic mass is 9.99. The molecule has 1 aromatic rings. The van der Waals surface area contributed by atoms with Gasteiger partial charge in [-0.2, -0.15) is 0 Å². The highest BCUT2D eigenvalue weighted by atomic mass is 16.5. The van der Waals surface area contributed by atoms with Crippen molar-refractivity contribution in [3.63, 3.8) is 0 Å². The van der Waals surface area contributed by atoms with Gasteiger partial charge in [0.1, 0.15) is 5.76 Å². The number of piperidine rings is 1. The molecular weight excluding hydrogens is 276 g/mol. The maximum Gasteiger partial charge on any atom is 0.414 e. The van der Waals surface area contributed by atoms with E-state index in [1.807, 2.05) is 13.8 Å². The molecule has 1 aliphatic heterocycles. The van der Waals surface area contributed by atoms with Crippen LogP contribution in [0.2, 0.25) is 0 Å². The Labute approximate surface area is 123 Å². The quantitative estimate of drug-likeness (QED) is 0.800. The Bertz CT molecular complexity index is 458. The number of hydrogen-bond acceptors (Lipinski definition) is 5. The largest absolute Gasteiger partial charge is 0.473 e. The number of carboxylic acids is 2. The van der Waals surface area contributed by atoms with Crippen LogP contribution in [-0.2, 0) is 16.1 Å². The van der Waals surface area contributed by atoms with Crippen LogP contribution in [0.15, 0.2) is 4.52 Å². The molecule has 2 N–H and O–H groups in total. The minimum absolute atomic E-state index is 0.894. The highest BCUT2D eigenvalue weighted by Gasteiger charge is 2.18. The van der Waals surface area contributed by atoms with Crippen LogP contribution in [0.25, 0.3) is 0 Å². The molecule has 0 amide bonds. The van der Waals surface area contributed by atoms with E-state index in [1.165, 1.54) is 31.5 Å². The predicted molar refractivity (Wildman–Crippen MR) is 74.9 cm³/mol. The summed E-state index contributed by atoms with van der Waals surface area (Å²) in [6.45, 7) is 9.80. The summed E-state index contributed by atoms with van der Waals surface area (Å²) in [6, 6.07) is 0. The molecule has 1 fully saturated rings. The Morgan fingerprint density at radius 3 is 2.14 bits per heavy atom. The molecule has 21 heavy (non-hydrogen) atoms. The molecule has 0 bridgehead atoms. The van der Waals surface area contributed by atoms with Gasteiger partial charge in [-0.3, -0.25) is 4.90 Å². The van der Waals surface area contributed by atoms with E-state index in [1.54, 1.807) is 0 Å². The van der Waals surface area contributed by atoms with Gasteiger partial charge in [-0.25, -0.2) is 9.59 Å². The van der Waals surface area contributed by atoms with Crippen molar-refractivity contribution in [2.75, 3.05) is 13.1 Å². The van der Waals surface area contributed by atoms with Crippen LogP contribution < -0.4 is 0 Å². The summed E-state index contributed by atoms with van der Waals surface area (Å²) in [5.41, 5.74) is 2.33. The average molecular weight is 298 g/mol. The van der Waals surface area contributed by atoms with Gasteiger partial charge in [0, 0.05) is 12.1 Å². The maximum absolute atomic E-state index is 9.10. The third-order valence-corrected chi connectivity index (χ3v) is 3.62. The molecule has 2 rings (SSSR count). The topological polar surface area (TPSA) is 104 Å². The van der Waals surface area contributed by atoms with E-state index in [9.17, 15) is 0 Å². The summed E-state index contributed by atoms with van der Waals surface area (Å²) in [4.78, 5) is 20.7. The Morgan fingerprint density at radius 1 is 1.24 bits per heavy atom. The molecule has 0 radical (unpaired) electrons. The summed E-state index contributed by atoms with van der Waals surface area (Å²) in [7, 11) is 0. The first-order valence-electron chi connectivity index (χ1n) is 6.91. The minimum atomic E-state index is -1.82. The molecular formula is C14H22N2O5. The fourth-order valence-corrected chi connectivity index (χ4v) is 2.17. The zero-order valence-corrected chi connectivity index (χ0v) is 12.6. The number of hydrogen-bond donors (Lipinski definition) is 2. The van der Waals surface area contributed by atoms with Crippen molar-refractivity contribution in [2.24, 2.45) is 5.92 Å². The van der Waals surface area contributed by atoms with E-state index < -0.39 is 11.9 Å². The molecule has 2 heterocycles. The first-order valence-corrected chi connectivity index (χ1v) is 6.91. The van der Waals surface area contributed by atoms with E-state index in [4.69, 9.17) is 24.3 Å². The second-order valence-electron chi connectivity index (χ2n) is 5.37. The minimum Gasteiger partial charge on any atom is -0.473 e.